The van der Waals surface area contributed by atoms with Crippen LogP contribution in [0.5, 0.6) is 5.75 Å². The molecular formula is C20H18O. The maximum absolute atomic E-state index is 5.49. The van der Waals surface area contributed by atoms with Crippen molar-refractivity contribution in [3.63, 3.8) is 0 Å². The number of fused-ring (bicyclic) bond motifs is 1. The number of benzene rings is 3. The third-order valence-corrected chi connectivity index (χ3v) is 3.63. The van der Waals surface area contributed by atoms with Gasteiger partial charge >= 0.3 is 0 Å². The monoisotopic (exact) mass is 274 g/mol. The highest BCUT2D eigenvalue weighted by atomic mass is 16.5. The summed E-state index contributed by atoms with van der Waals surface area (Å²) in [6.07, 6.45) is 0. The lowest BCUT2D eigenvalue weighted by Crippen LogP contribution is -1.92. The Hall–Kier alpha value is -2.54. The summed E-state index contributed by atoms with van der Waals surface area (Å²) >= 11 is 0. The van der Waals surface area contributed by atoms with Gasteiger partial charge in [0.1, 0.15) is 5.75 Å². The van der Waals surface area contributed by atoms with Crippen molar-refractivity contribution in [3.8, 4) is 5.75 Å². The van der Waals surface area contributed by atoms with Gasteiger partial charge < -0.3 is 4.74 Å². The highest BCUT2D eigenvalue weighted by molar-refractivity contribution is 5.97. The van der Waals surface area contributed by atoms with Crippen LogP contribution in [0, 0.1) is 0 Å². The molecular weight excluding hydrogens is 256 g/mol. The lowest BCUT2D eigenvalue weighted by Gasteiger charge is -2.11. The van der Waals surface area contributed by atoms with Crippen LogP contribution in [-0.4, -0.2) is 6.61 Å². The molecule has 0 aliphatic rings. The average Bonchev–Trinajstić information content (AvgIpc) is 2.55. The summed E-state index contributed by atoms with van der Waals surface area (Å²) in [6.45, 7) is 6.95. The molecule has 0 unspecified atom stereocenters. The Morgan fingerprint density at radius 2 is 1.62 bits per heavy atom. The molecule has 0 aliphatic heterocycles. The lowest BCUT2D eigenvalue weighted by molar-refractivity contribution is 0.340. The Labute approximate surface area is 125 Å². The summed E-state index contributed by atoms with van der Waals surface area (Å²) in [5.74, 6) is 0.895. The molecule has 0 saturated heterocycles. The van der Waals surface area contributed by atoms with Gasteiger partial charge in [-0.25, -0.2) is 0 Å². The van der Waals surface area contributed by atoms with Crippen LogP contribution in [0.15, 0.2) is 73.3 Å². The molecule has 3 aromatic rings. The number of ether oxygens (including phenoxy) is 1. The SMILES string of the molecule is C=C(c1ccc(OCC)cc1)c1cccc2ccccc12. The molecule has 0 amide bonds. The minimum Gasteiger partial charge on any atom is -0.494 e. The Kier molecular flexibility index (Phi) is 3.74. The molecule has 0 fully saturated rings. The molecule has 1 heteroatoms. The van der Waals surface area contributed by atoms with Crippen molar-refractivity contribution in [1.82, 2.24) is 0 Å². The Morgan fingerprint density at radius 1 is 0.905 bits per heavy atom. The van der Waals surface area contributed by atoms with Gasteiger partial charge in [-0.2, -0.15) is 0 Å². The summed E-state index contributed by atoms with van der Waals surface area (Å²) in [4.78, 5) is 0. The summed E-state index contributed by atoms with van der Waals surface area (Å²) in [5.41, 5.74) is 3.34. The van der Waals surface area contributed by atoms with Crippen LogP contribution in [-0.2, 0) is 0 Å². The molecule has 1 nitrogen and oxygen atoms in total. The zero-order valence-electron chi connectivity index (χ0n) is 12.2. The van der Waals surface area contributed by atoms with E-state index in [4.69, 9.17) is 4.74 Å². The maximum atomic E-state index is 5.49. The van der Waals surface area contributed by atoms with E-state index in [1.807, 2.05) is 19.1 Å². The molecule has 0 spiro atoms. The second-order valence-corrected chi connectivity index (χ2v) is 4.96. The molecule has 0 aliphatic carbocycles. The Balaban J connectivity index is 2.00. The molecule has 3 aromatic carbocycles. The van der Waals surface area contributed by atoms with Crippen molar-refractivity contribution in [2.45, 2.75) is 6.92 Å². The minimum atomic E-state index is 0.684. The average molecular weight is 274 g/mol. The zero-order chi connectivity index (χ0) is 14.7. The van der Waals surface area contributed by atoms with Crippen LogP contribution in [0.25, 0.3) is 16.3 Å². The molecule has 0 radical (unpaired) electrons. The third kappa shape index (κ3) is 2.68. The van der Waals surface area contributed by atoms with Crippen molar-refractivity contribution >= 4 is 16.3 Å². The van der Waals surface area contributed by atoms with Gasteiger partial charge in [-0.15, -0.1) is 0 Å². The van der Waals surface area contributed by atoms with Gasteiger partial charge in [0.15, 0.2) is 0 Å². The largest absolute Gasteiger partial charge is 0.494 e. The summed E-state index contributed by atoms with van der Waals surface area (Å²) < 4.78 is 5.49. The predicted octanol–water partition coefficient (Wildman–Crippen LogP) is 5.30. The van der Waals surface area contributed by atoms with Crippen LogP contribution in [0.1, 0.15) is 18.1 Å². The number of hydrogen-bond donors (Lipinski definition) is 0. The first-order valence-corrected chi connectivity index (χ1v) is 7.20. The highest BCUT2D eigenvalue weighted by Gasteiger charge is 2.06. The van der Waals surface area contributed by atoms with Crippen LogP contribution < -0.4 is 4.74 Å². The van der Waals surface area contributed by atoms with Crippen molar-refractivity contribution < 1.29 is 4.74 Å². The van der Waals surface area contributed by atoms with E-state index in [-0.39, 0.29) is 0 Å². The van der Waals surface area contributed by atoms with Crippen molar-refractivity contribution in [2.75, 3.05) is 6.61 Å². The fourth-order valence-electron chi connectivity index (χ4n) is 2.56. The Bertz CT molecular complexity index is 764. The van der Waals surface area contributed by atoms with Crippen LogP contribution in [0.4, 0.5) is 0 Å². The molecule has 0 aromatic heterocycles. The van der Waals surface area contributed by atoms with E-state index in [0.717, 1.165) is 16.9 Å². The molecule has 104 valence electrons. The standard InChI is InChI=1S/C20H18O/c1-3-21-18-13-11-16(12-14-18)15(2)19-10-6-8-17-7-4-5-9-20(17)19/h4-14H,2-3H2,1H3. The van der Waals surface area contributed by atoms with E-state index in [2.05, 4.69) is 61.2 Å². The molecule has 3 rings (SSSR count). The molecule has 0 bridgehead atoms. The third-order valence-electron chi connectivity index (χ3n) is 3.63. The molecule has 0 saturated carbocycles. The minimum absolute atomic E-state index is 0.684. The van der Waals surface area contributed by atoms with E-state index < -0.39 is 0 Å². The van der Waals surface area contributed by atoms with Gasteiger partial charge in [0, 0.05) is 0 Å². The summed E-state index contributed by atoms with van der Waals surface area (Å²) in [6, 6.07) is 22.9. The van der Waals surface area contributed by atoms with E-state index in [9.17, 15) is 0 Å². The van der Waals surface area contributed by atoms with Gasteiger partial charge in [-0.1, -0.05) is 61.2 Å². The van der Waals surface area contributed by atoms with E-state index in [0.29, 0.717) is 6.61 Å². The molecule has 0 atom stereocenters. The first-order valence-electron chi connectivity index (χ1n) is 7.20. The van der Waals surface area contributed by atoms with Gasteiger partial charge in [0.05, 0.1) is 6.61 Å². The van der Waals surface area contributed by atoms with Crippen molar-refractivity contribution in [1.29, 1.82) is 0 Å². The van der Waals surface area contributed by atoms with E-state index in [1.54, 1.807) is 0 Å². The van der Waals surface area contributed by atoms with Crippen molar-refractivity contribution in [2.24, 2.45) is 0 Å². The first kappa shape index (κ1) is 13.4. The fraction of sp³-hybridized carbons (Fsp3) is 0.100. The van der Waals surface area contributed by atoms with Gasteiger partial charge in [0.2, 0.25) is 0 Å². The Morgan fingerprint density at radius 3 is 2.38 bits per heavy atom. The van der Waals surface area contributed by atoms with Gasteiger partial charge in [-0.3, -0.25) is 0 Å². The van der Waals surface area contributed by atoms with E-state index in [1.165, 1.54) is 16.3 Å². The summed E-state index contributed by atoms with van der Waals surface area (Å²) in [7, 11) is 0. The molecule has 0 N–H and O–H groups in total. The zero-order valence-corrected chi connectivity index (χ0v) is 12.2. The normalized spacial score (nSPS) is 10.5. The topological polar surface area (TPSA) is 9.23 Å². The van der Waals surface area contributed by atoms with Crippen molar-refractivity contribution in [3.05, 3.63) is 84.4 Å². The van der Waals surface area contributed by atoms with Crippen LogP contribution in [0.3, 0.4) is 0 Å². The number of rotatable bonds is 4. The molecule has 21 heavy (non-hydrogen) atoms. The smallest absolute Gasteiger partial charge is 0.119 e. The predicted molar refractivity (Wildman–Crippen MR) is 89.7 cm³/mol. The molecule has 0 heterocycles. The second kappa shape index (κ2) is 5.84. The fourth-order valence-corrected chi connectivity index (χ4v) is 2.56. The summed E-state index contributed by atoms with van der Waals surface area (Å²) in [5, 5.41) is 2.47. The number of hydrogen-bond acceptors (Lipinski definition) is 1. The first-order chi connectivity index (χ1) is 10.3. The maximum Gasteiger partial charge on any atom is 0.119 e. The highest BCUT2D eigenvalue weighted by Crippen LogP contribution is 2.29. The quantitative estimate of drug-likeness (QED) is 0.627. The van der Waals surface area contributed by atoms with Gasteiger partial charge in [-0.05, 0) is 46.5 Å². The lowest BCUT2D eigenvalue weighted by atomic mass is 9.94. The van der Waals surface area contributed by atoms with Crippen LogP contribution in [0.2, 0.25) is 0 Å². The van der Waals surface area contributed by atoms with E-state index >= 15 is 0 Å². The second-order valence-electron chi connectivity index (χ2n) is 4.96. The van der Waals surface area contributed by atoms with Crippen LogP contribution >= 0.6 is 0 Å². The van der Waals surface area contributed by atoms with Gasteiger partial charge in [0.25, 0.3) is 0 Å².